The normalized spacial score (nSPS) is 13.5. The van der Waals surface area contributed by atoms with Crippen LogP contribution in [0.1, 0.15) is 22.8 Å². The van der Waals surface area contributed by atoms with Crippen LogP contribution >= 0.6 is 11.6 Å². The molecule has 0 fully saturated rings. The van der Waals surface area contributed by atoms with Gasteiger partial charge in [0.2, 0.25) is 0 Å². The van der Waals surface area contributed by atoms with Crippen LogP contribution in [0.25, 0.3) is 0 Å². The average Bonchev–Trinajstić information content (AvgIpc) is 2.25. The predicted octanol–water partition coefficient (Wildman–Crippen LogP) is 4.12. The van der Waals surface area contributed by atoms with E-state index in [1.54, 1.807) is 0 Å². The standard InChI is InChI=1S/C11H8ClF5O2/c1-5(12)9(18)6-2-7(11(15,16)17)4-8(3-6)19-10(13)14/h2-5,10H,1H3. The van der Waals surface area contributed by atoms with Crippen molar-refractivity contribution in [2.45, 2.75) is 25.1 Å². The molecule has 0 aliphatic rings. The maximum absolute atomic E-state index is 12.6. The molecule has 0 aliphatic heterocycles. The molecule has 0 heterocycles. The van der Waals surface area contributed by atoms with Gasteiger partial charge in [0.25, 0.3) is 0 Å². The van der Waals surface area contributed by atoms with Crippen molar-refractivity contribution < 1.29 is 31.5 Å². The largest absolute Gasteiger partial charge is 0.435 e. The van der Waals surface area contributed by atoms with Gasteiger partial charge in [0.15, 0.2) is 5.78 Å². The Morgan fingerprint density at radius 2 is 1.84 bits per heavy atom. The molecule has 2 nitrogen and oxygen atoms in total. The summed E-state index contributed by atoms with van der Waals surface area (Å²) in [6, 6.07) is 1.73. The molecule has 0 radical (unpaired) electrons. The van der Waals surface area contributed by atoms with Gasteiger partial charge in [0, 0.05) is 5.56 Å². The van der Waals surface area contributed by atoms with E-state index >= 15 is 0 Å². The molecule has 0 amide bonds. The number of ether oxygens (including phenoxy) is 1. The van der Waals surface area contributed by atoms with Crippen LogP contribution in [0.5, 0.6) is 5.75 Å². The molecule has 19 heavy (non-hydrogen) atoms. The lowest BCUT2D eigenvalue weighted by Gasteiger charge is -2.12. The summed E-state index contributed by atoms with van der Waals surface area (Å²) < 4.78 is 65.6. The van der Waals surface area contributed by atoms with Gasteiger partial charge in [-0.15, -0.1) is 11.6 Å². The predicted molar refractivity (Wildman–Crippen MR) is 57.7 cm³/mol. The van der Waals surface area contributed by atoms with Gasteiger partial charge in [-0.3, -0.25) is 4.79 Å². The van der Waals surface area contributed by atoms with Crippen LogP contribution in [-0.4, -0.2) is 17.8 Å². The van der Waals surface area contributed by atoms with Crippen molar-refractivity contribution in [3.8, 4) is 5.75 Å². The van der Waals surface area contributed by atoms with Gasteiger partial charge >= 0.3 is 12.8 Å². The maximum Gasteiger partial charge on any atom is 0.416 e. The third kappa shape index (κ3) is 4.34. The summed E-state index contributed by atoms with van der Waals surface area (Å²) in [5, 5.41) is -1.08. The molecule has 106 valence electrons. The minimum Gasteiger partial charge on any atom is -0.435 e. The first kappa shape index (κ1) is 15.7. The molecule has 1 atom stereocenters. The first-order chi connectivity index (χ1) is 8.61. The first-order valence-corrected chi connectivity index (χ1v) is 5.40. The Morgan fingerprint density at radius 3 is 2.26 bits per heavy atom. The minimum atomic E-state index is -4.79. The Balaban J connectivity index is 3.28. The monoisotopic (exact) mass is 302 g/mol. The van der Waals surface area contributed by atoms with E-state index in [4.69, 9.17) is 11.6 Å². The topological polar surface area (TPSA) is 26.3 Å². The highest BCUT2D eigenvalue weighted by Crippen LogP contribution is 2.33. The van der Waals surface area contributed by atoms with E-state index in [0.717, 1.165) is 6.07 Å². The van der Waals surface area contributed by atoms with Crippen LogP contribution in [-0.2, 0) is 6.18 Å². The first-order valence-electron chi connectivity index (χ1n) is 4.96. The van der Waals surface area contributed by atoms with Crippen LogP contribution in [0, 0.1) is 0 Å². The van der Waals surface area contributed by atoms with Crippen LogP contribution in [0.2, 0.25) is 0 Å². The zero-order chi connectivity index (χ0) is 14.8. The summed E-state index contributed by atoms with van der Waals surface area (Å²) in [6.07, 6.45) is -4.79. The summed E-state index contributed by atoms with van der Waals surface area (Å²) in [4.78, 5) is 11.5. The minimum absolute atomic E-state index is 0.391. The van der Waals surface area contributed by atoms with E-state index in [2.05, 4.69) is 4.74 Å². The molecule has 0 saturated carbocycles. The number of benzene rings is 1. The maximum atomic E-state index is 12.6. The highest BCUT2D eigenvalue weighted by molar-refractivity contribution is 6.33. The van der Waals surface area contributed by atoms with E-state index in [1.807, 2.05) is 0 Å². The molecule has 0 aliphatic carbocycles. The highest BCUT2D eigenvalue weighted by atomic mass is 35.5. The van der Waals surface area contributed by atoms with Crippen molar-refractivity contribution in [3.63, 3.8) is 0 Å². The number of carbonyl (C=O) groups is 1. The van der Waals surface area contributed by atoms with Crippen molar-refractivity contribution in [1.82, 2.24) is 0 Å². The fraction of sp³-hybridized carbons (Fsp3) is 0.364. The van der Waals surface area contributed by atoms with Crippen molar-refractivity contribution in [2.75, 3.05) is 0 Å². The molecule has 8 heteroatoms. The van der Waals surface area contributed by atoms with E-state index in [1.165, 1.54) is 6.92 Å². The third-order valence-corrected chi connectivity index (χ3v) is 2.30. The van der Waals surface area contributed by atoms with E-state index in [-0.39, 0.29) is 0 Å². The Labute approximate surface area is 110 Å². The number of ketones is 1. The molecule has 1 unspecified atom stereocenters. The fourth-order valence-corrected chi connectivity index (χ4v) is 1.43. The van der Waals surface area contributed by atoms with Crippen molar-refractivity contribution in [1.29, 1.82) is 0 Å². The molecule has 1 aromatic rings. The fourth-order valence-electron chi connectivity index (χ4n) is 1.31. The summed E-state index contributed by atoms with van der Waals surface area (Å²) in [5.41, 5.74) is -1.70. The van der Waals surface area contributed by atoms with E-state index in [0.29, 0.717) is 12.1 Å². The van der Waals surface area contributed by atoms with Gasteiger partial charge in [0.05, 0.1) is 10.9 Å². The summed E-state index contributed by atoms with van der Waals surface area (Å²) in [5.74, 6) is -1.56. The highest BCUT2D eigenvalue weighted by Gasteiger charge is 2.32. The SMILES string of the molecule is CC(Cl)C(=O)c1cc(OC(F)F)cc(C(F)(F)F)c1. The summed E-state index contributed by atoms with van der Waals surface area (Å²) >= 11 is 5.47. The van der Waals surface area contributed by atoms with Crippen molar-refractivity contribution in [3.05, 3.63) is 29.3 Å². The van der Waals surface area contributed by atoms with Crippen LogP contribution in [0.4, 0.5) is 22.0 Å². The molecule has 1 aromatic carbocycles. The second-order valence-corrected chi connectivity index (χ2v) is 4.26. The lowest BCUT2D eigenvalue weighted by atomic mass is 10.0. The van der Waals surface area contributed by atoms with Gasteiger partial charge in [0.1, 0.15) is 5.75 Å². The lowest BCUT2D eigenvalue weighted by molar-refractivity contribution is -0.138. The molecule has 0 saturated heterocycles. The van der Waals surface area contributed by atoms with Crippen LogP contribution in [0.3, 0.4) is 0 Å². The molecule has 0 bridgehead atoms. The van der Waals surface area contributed by atoms with Gasteiger partial charge in [-0.05, 0) is 25.1 Å². The average molecular weight is 303 g/mol. The number of rotatable bonds is 4. The Bertz CT molecular complexity index is 471. The van der Waals surface area contributed by atoms with Gasteiger partial charge in [-0.2, -0.15) is 22.0 Å². The number of carbonyl (C=O) groups excluding carboxylic acids is 1. The zero-order valence-electron chi connectivity index (χ0n) is 9.47. The number of Topliss-reactive ketones (excluding diaryl/α,β-unsaturated/α-hetero) is 1. The Morgan fingerprint density at radius 1 is 1.26 bits per heavy atom. The second kappa shape index (κ2) is 5.73. The van der Waals surface area contributed by atoms with Crippen LogP contribution in [0.15, 0.2) is 18.2 Å². The number of hydrogen-bond donors (Lipinski definition) is 0. The van der Waals surface area contributed by atoms with E-state index in [9.17, 15) is 26.7 Å². The smallest absolute Gasteiger partial charge is 0.416 e. The molecule has 1 rings (SSSR count). The van der Waals surface area contributed by atoms with Gasteiger partial charge < -0.3 is 4.74 Å². The molecule has 0 N–H and O–H groups in total. The number of halogens is 6. The Kier molecular flexibility index (Phi) is 4.73. The van der Waals surface area contributed by atoms with Crippen molar-refractivity contribution in [2.24, 2.45) is 0 Å². The van der Waals surface area contributed by atoms with Crippen molar-refractivity contribution >= 4 is 17.4 Å². The molecular weight excluding hydrogens is 295 g/mol. The molecule has 0 spiro atoms. The summed E-state index contributed by atoms with van der Waals surface area (Å²) in [6.45, 7) is -2.03. The van der Waals surface area contributed by atoms with E-state index < -0.39 is 40.8 Å². The second-order valence-electron chi connectivity index (χ2n) is 3.60. The quantitative estimate of drug-likeness (QED) is 0.475. The Hall–Kier alpha value is -1.37. The third-order valence-electron chi connectivity index (χ3n) is 2.10. The van der Waals surface area contributed by atoms with Crippen LogP contribution < -0.4 is 4.74 Å². The number of hydrogen-bond acceptors (Lipinski definition) is 2. The molecular formula is C11H8ClF5O2. The van der Waals surface area contributed by atoms with Gasteiger partial charge in [-0.1, -0.05) is 0 Å². The number of alkyl halides is 6. The zero-order valence-corrected chi connectivity index (χ0v) is 10.2. The summed E-state index contributed by atoms with van der Waals surface area (Å²) in [7, 11) is 0. The molecule has 0 aromatic heterocycles. The lowest BCUT2D eigenvalue weighted by Crippen LogP contribution is -2.14. The van der Waals surface area contributed by atoms with Gasteiger partial charge in [-0.25, -0.2) is 0 Å².